The number of rotatable bonds is 6. The molecule has 0 saturated heterocycles. The van der Waals surface area contributed by atoms with Gasteiger partial charge in [-0.15, -0.1) is 0 Å². The van der Waals surface area contributed by atoms with E-state index in [-0.39, 0.29) is 68.9 Å². The van der Waals surface area contributed by atoms with E-state index in [1.807, 2.05) is 48.6 Å². The molecule has 286 valence electrons. The van der Waals surface area contributed by atoms with Crippen LogP contribution in [-0.4, -0.2) is 50.4 Å². The third-order valence-corrected chi connectivity index (χ3v) is 14.8. The van der Waals surface area contributed by atoms with Crippen molar-refractivity contribution in [1.82, 2.24) is 9.97 Å². The molecule has 2 aliphatic heterocycles. The Morgan fingerprint density at radius 2 is 0.733 bits per heavy atom. The predicted molar refractivity (Wildman–Crippen MR) is 223 cm³/mol. The standard InChI is InChI=1S/C44H26F2N2O6S3Se.2Na/c45-29-9-1-25(2-10-29)41-33-17-19-35(47-33)43(27-5-13-31(14-6-27)56(49,50)51)39-23-24-40(58-39)44(28-7-15-32(16-8-28)57(52,53)54)36-20-18-34(48-36)42(38-22-21-37(41)55-38)26-3-11-30(46)12-4-26;;/h1-24H,(H,49,50,51)(H,52,53,54);;/q;2*+1/p-2. The molecule has 0 fully saturated rings. The van der Waals surface area contributed by atoms with Crippen LogP contribution in [0.25, 0.3) is 86.7 Å². The van der Waals surface area contributed by atoms with Gasteiger partial charge in [-0.1, -0.05) is 0 Å². The van der Waals surface area contributed by atoms with Crippen LogP contribution in [0.4, 0.5) is 8.78 Å². The number of benzene rings is 4. The number of aromatic nitrogens is 2. The van der Waals surface area contributed by atoms with Crippen LogP contribution in [0.1, 0.15) is 22.8 Å². The van der Waals surface area contributed by atoms with Crippen LogP contribution in [-0.2, 0) is 20.2 Å². The molecule has 0 atom stereocenters. The molecule has 2 aliphatic rings. The smallest absolute Gasteiger partial charge is 1.00 e. The Balaban J connectivity index is 0.00000272. The summed E-state index contributed by atoms with van der Waals surface area (Å²) in [5, 5.41) is 0. The molecule has 0 radical (unpaired) electrons. The second-order valence-electron chi connectivity index (χ2n) is 13.2. The molecule has 0 N–H and O–H groups in total. The maximum Gasteiger partial charge on any atom is 1.00 e. The predicted octanol–water partition coefficient (Wildman–Crippen LogP) is 3.88. The molecule has 0 amide bonds. The number of hydrogen-bond donors (Lipinski definition) is 0. The van der Waals surface area contributed by atoms with E-state index in [1.54, 1.807) is 48.5 Å². The Morgan fingerprint density at radius 3 is 1.07 bits per heavy atom. The summed E-state index contributed by atoms with van der Waals surface area (Å²) in [6, 6.07) is 31.4. The molecule has 0 spiro atoms. The monoisotopic (exact) mass is 936 g/mol. The van der Waals surface area contributed by atoms with Gasteiger partial charge in [-0.05, 0) is 0 Å². The van der Waals surface area contributed by atoms with Gasteiger partial charge in [0, 0.05) is 0 Å². The van der Waals surface area contributed by atoms with E-state index in [9.17, 15) is 34.7 Å². The number of nitrogens with zero attached hydrogens (tertiary/aromatic N) is 2. The summed E-state index contributed by atoms with van der Waals surface area (Å²) in [5.74, 6) is -0.794. The molecule has 0 aliphatic carbocycles. The minimum absolute atomic E-state index is 0. The first-order valence-corrected chi connectivity index (χ1v) is 22.8. The van der Waals surface area contributed by atoms with Gasteiger partial charge in [-0.3, -0.25) is 0 Å². The number of halogens is 2. The third kappa shape index (κ3) is 8.81. The first-order chi connectivity index (χ1) is 27.8. The summed E-state index contributed by atoms with van der Waals surface area (Å²) in [5.41, 5.74) is 7.84. The maximum absolute atomic E-state index is 14.3. The van der Waals surface area contributed by atoms with Crippen molar-refractivity contribution in [1.29, 1.82) is 0 Å². The quantitative estimate of drug-likeness (QED) is 0.181. The Labute approximate surface area is 397 Å². The molecule has 60 heavy (non-hydrogen) atoms. The second-order valence-corrected chi connectivity index (χ2v) is 19.3. The number of fused-ring (bicyclic) bond motifs is 8. The summed E-state index contributed by atoms with van der Waals surface area (Å²) in [6.45, 7) is 0. The molecule has 16 heteroatoms. The molecular weight excluding hydrogens is 912 g/mol. The fraction of sp³-hybridized carbons (Fsp3) is 0. The van der Waals surface area contributed by atoms with E-state index in [2.05, 4.69) is 0 Å². The zero-order chi connectivity index (χ0) is 40.3. The molecule has 0 unspecified atom stereocenters. The summed E-state index contributed by atoms with van der Waals surface area (Å²) in [6.07, 6.45) is 7.47. The summed E-state index contributed by atoms with van der Waals surface area (Å²) < 4.78 is 103. The van der Waals surface area contributed by atoms with Crippen LogP contribution in [0.3, 0.4) is 0 Å². The van der Waals surface area contributed by atoms with E-state index in [4.69, 9.17) is 9.97 Å². The van der Waals surface area contributed by atoms with Gasteiger partial charge < -0.3 is 0 Å². The van der Waals surface area contributed by atoms with E-state index in [0.717, 1.165) is 29.0 Å². The Hall–Kier alpha value is -3.70. The molecule has 0 saturated carbocycles. The normalized spacial score (nSPS) is 12.2. The van der Waals surface area contributed by atoms with Crippen LogP contribution in [0.15, 0.2) is 131 Å². The minimum Gasteiger partial charge on any atom is 1.00 e. The van der Waals surface area contributed by atoms with Crippen LogP contribution in [0.2, 0.25) is 0 Å². The van der Waals surface area contributed by atoms with Crippen LogP contribution in [0.5, 0.6) is 0 Å². The van der Waals surface area contributed by atoms with Crippen LogP contribution < -0.4 is 59.1 Å². The molecule has 8 bridgehead atoms. The first-order valence-electron chi connectivity index (χ1n) is 17.4. The second kappa shape index (κ2) is 17.6. The largest absolute Gasteiger partial charge is 1.00 e. The van der Waals surface area contributed by atoms with Gasteiger partial charge in [-0.25, -0.2) is 0 Å². The Kier molecular flexibility index (Phi) is 13.0. The molecular formula is C44H24F2N2Na2O6S3Se. The zero-order valence-electron chi connectivity index (χ0n) is 31.6. The van der Waals surface area contributed by atoms with E-state index < -0.39 is 46.4 Å². The number of hydrogen-bond acceptors (Lipinski definition) is 9. The van der Waals surface area contributed by atoms with Crippen molar-refractivity contribution >= 4 is 88.3 Å². The summed E-state index contributed by atoms with van der Waals surface area (Å²) in [7, 11) is -9.43. The zero-order valence-corrected chi connectivity index (χ0v) is 39.8. The molecule has 7 aromatic rings. The van der Waals surface area contributed by atoms with Gasteiger partial charge in [0.15, 0.2) is 0 Å². The maximum atomic E-state index is 14.3. The first kappa shape index (κ1) is 44.4. The van der Waals surface area contributed by atoms with E-state index >= 15 is 0 Å². The Bertz CT molecular complexity index is 3070. The van der Waals surface area contributed by atoms with Crippen molar-refractivity contribution < 1.29 is 93.8 Å². The topological polar surface area (TPSA) is 140 Å². The third-order valence-electron chi connectivity index (χ3n) is 9.63. The van der Waals surface area contributed by atoms with Crippen molar-refractivity contribution in [2.75, 3.05) is 0 Å². The van der Waals surface area contributed by atoms with Gasteiger partial charge in [0.25, 0.3) is 0 Å². The summed E-state index contributed by atoms with van der Waals surface area (Å²) in [4.78, 5) is 9.57. The van der Waals surface area contributed by atoms with Gasteiger partial charge in [0.05, 0.1) is 0 Å². The van der Waals surface area contributed by atoms with Crippen LogP contribution in [0, 0.1) is 11.6 Å². The van der Waals surface area contributed by atoms with E-state index in [0.29, 0.717) is 56.2 Å². The number of thiophene rings is 1. The van der Waals surface area contributed by atoms with E-state index in [1.165, 1.54) is 59.9 Å². The summed E-state index contributed by atoms with van der Waals surface area (Å²) >= 11 is 0.999. The Morgan fingerprint density at radius 1 is 0.433 bits per heavy atom. The molecule has 3 aromatic heterocycles. The van der Waals surface area contributed by atoms with Crippen molar-refractivity contribution in [3.63, 3.8) is 0 Å². The molecule has 8 nitrogen and oxygen atoms in total. The minimum atomic E-state index is -4.72. The average Bonchev–Trinajstić information content (AvgIpc) is 4.04. The molecule has 4 aromatic carbocycles. The average molecular weight is 936 g/mol. The molecule has 9 rings (SSSR count). The fourth-order valence-corrected chi connectivity index (χ4v) is 11.5. The van der Waals surface area contributed by atoms with Gasteiger partial charge in [0.2, 0.25) is 0 Å². The van der Waals surface area contributed by atoms with Crippen LogP contribution >= 0.6 is 11.3 Å². The van der Waals surface area contributed by atoms with Crippen molar-refractivity contribution in [3.8, 4) is 44.5 Å². The molecule has 5 heterocycles. The van der Waals surface area contributed by atoms with Gasteiger partial charge in [0.1, 0.15) is 0 Å². The van der Waals surface area contributed by atoms with Crippen molar-refractivity contribution in [3.05, 3.63) is 156 Å². The van der Waals surface area contributed by atoms with Gasteiger partial charge in [-0.2, -0.15) is 0 Å². The van der Waals surface area contributed by atoms with Gasteiger partial charge >= 0.3 is 402 Å². The van der Waals surface area contributed by atoms with Crippen molar-refractivity contribution in [2.45, 2.75) is 9.79 Å². The fourth-order valence-electron chi connectivity index (χ4n) is 6.97. The van der Waals surface area contributed by atoms with Crippen molar-refractivity contribution in [2.24, 2.45) is 0 Å². The SMILES string of the molecule is O=S(=O)([O-])c1ccc(-c2c3nc(c(-c4ccc(F)cc4)c4ccc(s4)c(-c4ccc(F)cc4)c4nc(c(-c5ccc(S(=O)(=O)[O-])cc5)c5ccc2[se]5)C=C4)C=C3)cc1.[Na+].[Na+].